The van der Waals surface area contributed by atoms with Gasteiger partial charge in [0.25, 0.3) is 5.69 Å². The number of aromatic hydroxyl groups is 1. The van der Waals surface area contributed by atoms with Crippen molar-refractivity contribution in [1.82, 2.24) is 0 Å². The molecule has 0 saturated carbocycles. The quantitative estimate of drug-likeness (QED) is 0.400. The summed E-state index contributed by atoms with van der Waals surface area (Å²) < 4.78 is 0. The minimum atomic E-state index is -0.588. The van der Waals surface area contributed by atoms with Gasteiger partial charge in [0, 0.05) is 6.07 Å². The summed E-state index contributed by atoms with van der Waals surface area (Å²) in [5.41, 5.74) is 0.448. The SMILES string of the molecule is O=C(/C=C/c1cccc(O)c1)c1ccccc1[N+](=O)[O-]. The predicted molar refractivity (Wildman–Crippen MR) is 74.6 cm³/mol. The highest BCUT2D eigenvalue weighted by molar-refractivity contribution is 6.09. The summed E-state index contributed by atoms with van der Waals surface area (Å²) in [7, 11) is 0. The molecule has 0 heterocycles. The summed E-state index contributed by atoms with van der Waals surface area (Å²) in [6.07, 6.45) is 2.75. The van der Waals surface area contributed by atoms with Gasteiger partial charge in [-0.2, -0.15) is 0 Å². The van der Waals surface area contributed by atoms with Crippen molar-refractivity contribution in [3.63, 3.8) is 0 Å². The number of nitro groups is 1. The Labute approximate surface area is 115 Å². The van der Waals surface area contributed by atoms with Gasteiger partial charge in [0.1, 0.15) is 5.75 Å². The summed E-state index contributed by atoms with van der Waals surface area (Å²) in [5, 5.41) is 20.1. The average molecular weight is 269 g/mol. The van der Waals surface area contributed by atoms with Gasteiger partial charge in [0.15, 0.2) is 5.78 Å². The summed E-state index contributed by atoms with van der Waals surface area (Å²) in [6, 6.07) is 12.1. The molecule has 0 unspecified atom stereocenters. The van der Waals surface area contributed by atoms with Crippen LogP contribution in [-0.2, 0) is 0 Å². The third-order valence-electron chi connectivity index (χ3n) is 2.66. The van der Waals surface area contributed by atoms with Crippen molar-refractivity contribution in [2.75, 3.05) is 0 Å². The summed E-state index contributed by atoms with van der Waals surface area (Å²) >= 11 is 0. The number of nitrogens with zero attached hydrogens (tertiary/aromatic N) is 1. The summed E-state index contributed by atoms with van der Waals surface area (Å²) in [4.78, 5) is 22.2. The molecular formula is C15H11NO4. The minimum Gasteiger partial charge on any atom is -0.508 e. The van der Waals surface area contributed by atoms with E-state index in [0.717, 1.165) is 0 Å². The Hall–Kier alpha value is -2.95. The molecule has 0 spiro atoms. The maximum atomic E-state index is 12.0. The van der Waals surface area contributed by atoms with Crippen molar-refractivity contribution in [1.29, 1.82) is 0 Å². The van der Waals surface area contributed by atoms with E-state index in [-0.39, 0.29) is 17.0 Å². The van der Waals surface area contributed by atoms with E-state index in [1.807, 2.05) is 0 Å². The van der Waals surface area contributed by atoms with Crippen LogP contribution in [0.25, 0.3) is 6.08 Å². The van der Waals surface area contributed by atoms with Crippen LogP contribution in [0.15, 0.2) is 54.6 Å². The van der Waals surface area contributed by atoms with E-state index in [4.69, 9.17) is 0 Å². The predicted octanol–water partition coefficient (Wildman–Crippen LogP) is 3.20. The molecule has 2 aromatic carbocycles. The molecule has 20 heavy (non-hydrogen) atoms. The van der Waals surface area contributed by atoms with E-state index in [0.29, 0.717) is 5.56 Å². The van der Waals surface area contributed by atoms with Crippen LogP contribution in [0.1, 0.15) is 15.9 Å². The maximum Gasteiger partial charge on any atom is 0.280 e. The second kappa shape index (κ2) is 5.79. The highest BCUT2D eigenvalue weighted by Crippen LogP contribution is 2.19. The molecular weight excluding hydrogens is 258 g/mol. The lowest BCUT2D eigenvalue weighted by Gasteiger charge is -1.98. The fourth-order valence-electron chi connectivity index (χ4n) is 1.73. The Morgan fingerprint density at radius 1 is 1.15 bits per heavy atom. The fourth-order valence-corrected chi connectivity index (χ4v) is 1.73. The molecule has 2 rings (SSSR count). The van der Waals surface area contributed by atoms with Gasteiger partial charge in [0.05, 0.1) is 10.5 Å². The van der Waals surface area contributed by atoms with Gasteiger partial charge >= 0.3 is 0 Å². The zero-order chi connectivity index (χ0) is 14.5. The molecule has 0 aliphatic rings. The Kier molecular flexibility index (Phi) is 3.91. The lowest BCUT2D eigenvalue weighted by atomic mass is 10.1. The Balaban J connectivity index is 2.27. The summed E-state index contributed by atoms with van der Waals surface area (Å²) in [6.45, 7) is 0. The van der Waals surface area contributed by atoms with Crippen molar-refractivity contribution in [3.05, 3.63) is 75.8 Å². The van der Waals surface area contributed by atoms with Crippen molar-refractivity contribution < 1.29 is 14.8 Å². The van der Waals surface area contributed by atoms with Crippen molar-refractivity contribution in [2.45, 2.75) is 0 Å². The first-order valence-electron chi connectivity index (χ1n) is 5.83. The molecule has 1 N–H and O–H groups in total. The number of hydrogen-bond donors (Lipinski definition) is 1. The number of allylic oxidation sites excluding steroid dienone is 1. The van der Waals surface area contributed by atoms with Gasteiger partial charge in [-0.25, -0.2) is 0 Å². The van der Waals surface area contributed by atoms with Gasteiger partial charge in [-0.05, 0) is 29.8 Å². The van der Waals surface area contributed by atoms with Crippen LogP contribution in [0.4, 0.5) is 5.69 Å². The highest BCUT2D eigenvalue weighted by atomic mass is 16.6. The highest BCUT2D eigenvalue weighted by Gasteiger charge is 2.16. The Bertz CT molecular complexity index is 692. The van der Waals surface area contributed by atoms with Crippen molar-refractivity contribution in [2.24, 2.45) is 0 Å². The van der Waals surface area contributed by atoms with E-state index < -0.39 is 10.7 Å². The zero-order valence-corrected chi connectivity index (χ0v) is 10.4. The second-order valence-corrected chi connectivity index (χ2v) is 4.07. The van der Waals surface area contributed by atoms with Crippen LogP contribution in [0.5, 0.6) is 5.75 Å². The first kappa shape index (κ1) is 13.5. The van der Waals surface area contributed by atoms with Crippen LogP contribution < -0.4 is 0 Å². The number of rotatable bonds is 4. The number of phenols is 1. The number of phenolic OH excluding ortho intramolecular Hbond substituents is 1. The number of nitro benzene ring substituents is 1. The van der Waals surface area contributed by atoms with E-state index >= 15 is 0 Å². The van der Waals surface area contributed by atoms with Crippen LogP contribution in [0.2, 0.25) is 0 Å². The van der Waals surface area contributed by atoms with Crippen LogP contribution in [0, 0.1) is 10.1 Å². The molecule has 0 fully saturated rings. The summed E-state index contributed by atoms with van der Waals surface area (Å²) in [5.74, 6) is -0.370. The molecule has 5 nitrogen and oxygen atoms in total. The second-order valence-electron chi connectivity index (χ2n) is 4.07. The molecule has 100 valence electrons. The van der Waals surface area contributed by atoms with E-state index in [2.05, 4.69) is 0 Å². The number of para-hydroxylation sites is 1. The maximum absolute atomic E-state index is 12.0. The molecule has 0 amide bonds. The van der Waals surface area contributed by atoms with Crippen LogP contribution in [0.3, 0.4) is 0 Å². The van der Waals surface area contributed by atoms with Crippen LogP contribution in [-0.4, -0.2) is 15.8 Å². The standard InChI is InChI=1S/C15H11NO4/c17-12-5-3-4-11(10-12)8-9-15(18)13-6-1-2-7-14(13)16(19)20/h1-10,17H/b9-8+. The normalized spacial score (nSPS) is 10.6. The number of benzene rings is 2. The molecule has 0 aromatic heterocycles. The van der Waals surface area contributed by atoms with E-state index in [1.165, 1.54) is 42.5 Å². The molecule has 5 heteroatoms. The van der Waals surface area contributed by atoms with Gasteiger partial charge < -0.3 is 5.11 Å². The van der Waals surface area contributed by atoms with Gasteiger partial charge in [-0.3, -0.25) is 14.9 Å². The van der Waals surface area contributed by atoms with Crippen molar-refractivity contribution >= 4 is 17.5 Å². The largest absolute Gasteiger partial charge is 0.508 e. The number of carbonyl (C=O) groups is 1. The first-order valence-corrected chi connectivity index (χ1v) is 5.83. The zero-order valence-electron chi connectivity index (χ0n) is 10.4. The third kappa shape index (κ3) is 3.08. The Morgan fingerprint density at radius 3 is 2.60 bits per heavy atom. The monoisotopic (exact) mass is 269 g/mol. The number of ketones is 1. The number of carbonyl (C=O) groups excluding carboxylic acids is 1. The third-order valence-corrected chi connectivity index (χ3v) is 2.66. The lowest BCUT2D eigenvalue weighted by molar-refractivity contribution is -0.385. The smallest absolute Gasteiger partial charge is 0.280 e. The molecule has 2 aromatic rings. The molecule has 0 saturated heterocycles. The number of hydrogen-bond acceptors (Lipinski definition) is 4. The van der Waals surface area contributed by atoms with Gasteiger partial charge in [-0.1, -0.05) is 30.3 Å². The Morgan fingerprint density at radius 2 is 1.90 bits per heavy atom. The average Bonchev–Trinajstić information content (AvgIpc) is 2.45. The topological polar surface area (TPSA) is 80.4 Å². The molecule has 0 radical (unpaired) electrons. The first-order chi connectivity index (χ1) is 9.58. The van der Waals surface area contributed by atoms with Gasteiger partial charge in [-0.15, -0.1) is 0 Å². The fraction of sp³-hybridized carbons (Fsp3) is 0. The van der Waals surface area contributed by atoms with E-state index in [1.54, 1.807) is 18.2 Å². The van der Waals surface area contributed by atoms with E-state index in [9.17, 15) is 20.0 Å². The van der Waals surface area contributed by atoms with Gasteiger partial charge in [0.2, 0.25) is 0 Å². The lowest BCUT2D eigenvalue weighted by Crippen LogP contribution is -2.00. The minimum absolute atomic E-state index is 0.0360. The molecule has 0 aliphatic heterocycles. The van der Waals surface area contributed by atoms with Crippen LogP contribution >= 0.6 is 0 Å². The molecule has 0 bridgehead atoms. The van der Waals surface area contributed by atoms with Crippen molar-refractivity contribution in [3.8, 4) is 5.75 Å². The molecule has 0 aliphatic carbocycles. The molecule has 0 atom stereocenters.